The topological polar surface area (TPSA) is 70.0 Å². The van der Waals surface area contributed by atoms with Gasteiger partial charge in [0.15, 0.2) is 4.91 Å². The lowest BCUT2D eigenvalue weighted by Gasteiger charge is -2.16. The van der Waals surface area contributed by atoms with Crippen molar-refractivity contribution in [2.75, 3.05) is 5.32 Å². The summed E-state index contributed by atoms with van der Waals surface area (Å²) in [7, 11) is -4.08. The average Bonchev–Trinajstić information content (AvgIpc) is 2.76. The van der Waals surface area contributed by atoms with Crippen LogP contribution < -0.4 is 5.32 Å². The highest BCUT2D eigenvalue weighted by Gasteiger charge is 2.26. The van der Waals surface area contributed by atoms with Gasteiger partial charge in [-0.3, -0.25) is 0 Å². The third-order valence-corrected chi connectivity index (χ3v) is 7.75. The number of nitriles is 1. The van der Waals surface area contributed by atoms with Gasteiger partial charge in [-0.1, -0.05) is 48.0 Å². The second-order valence-corrected chi connectivity index (χ2v) is 9.82. The Morgan fingerprint density at radius 3 is 2.48 bits per heavy atom. The lowest BCUT2D eigenvalue weighted by atomic mass is 10.2. The maximum absolute atomic E-state index is 13.6. The van der Waals surface area contributed by atoms with Gasteiger partial charge in [-0.2, -0.15) is 5.26 Å². The minimum atomic E-state index is -4.08. The third kappa shape index (κ3) is 5.47. The second-order valence-electron chi connectivity index (χ2n) is 6.54. The fourth-order valence-electron chi connectivity index (χ4n) is 2.76. The molecule has 0 spiro atoms. The normalized spacial score (nSPS) is 12.1. The molecule has 0 saturated carbocycles. The van der Waals surface area contributed by atoms with Gasteiger partial charge in [0.1, 0.15) is 16.9 Å². The predicted octanol–water partition coefficient (Wildman–Crippen LogP) is 6.30. The summed E-state index contributed by atoms with van der Waals surface area (Å²) in [5, 5.41) is 13.5. The first-order valence-corrected chi connectivity index (χ1v) is 12.0. The summed E-state index contributed by atoms with van der Waals surface area (Å²) in [4.78, 5) is -0.403. The molecule has 0 saturated heterocycles. The molecule has 0 aliphatic heterocycles. The molecule has 1 N–H and O–H groups in total. The van der Waals surface area contributed by atoms with Crippen molar-refractivity contribution in [1.29, 1.82) is 5.26 Å². The Kier molecular flexibility index (Phi) is 7.39. The van der Waals surface area contributed by atoms with E-state index < -0.39 is 14.7 Å². The van der Waals surface area contributed by atoms with Gasteiger partial charge in [-0.25, -0.2) is 12.8 Å². The molecule has 0 unspecified atom stereocenters. The van der Waals surface area contributed by atoms with Gasteiger partial charge in [-0.05, 0) is 54.4 Å². The number of anilines is 1. The molecule has 0 aliphatic rings. The second kappa shape index (κ2) is 10.0. The summed E-state index contributed by atoms with van der Waals surface area (Å²) in [6, 6.07) is 20.8. The molecule has 158 valence electrons. The van der Waals surface area contributed by atoms with Crippen LogP contribution in [0.4, 0.5) is 10.1 Å². The largest absolute Gasteiger partial charge is 0.348 e. The minimum absolute atomic E-state index is 0.0139. The van der Waals surface area contributed by atoms with Crippen LogP contribution in [0.15, 0.2) is 87.6 Å². The average molecular weight is 473 g/mol. The Morgan fingerprint density at radius 2 is 1.81 bits per heavy atom. The Balaban J connectivity index is 2.08. The van der Waals surface area contributed by atoms with Crippen LogP contribution in [0.5, 0.6) is 0 Å². The van der Waals surface area contributed by atoms with Crippen LogP contribution in [-0.2, 0) is 15.6 Å². The quantitative estimate of drug-likeness (QED) is 0.408. The zero-order valence-electron chi connectivity index (χ0n) is 16.5. The lowest BCUT2D eigenvalue weighted by Crippen LogP contribution is -2.11. The maximum atomic E-state index is 13.6. The maximum Gasteiger partial charge on any atom is 0.219 e. The number of rotatable bonds is 7. The van der Waals surface area contributed by atoms with Gasteiger partial charge in [0, 0.05) is 16.5 Å². The van der Waals surface area contributed by atoms with Crippen LogP contribution in [-0.4, -0.2) is 8.42 Å². The summed E-state index contributed by atoms with van der Waals surface area (Å²) in [6.45, 7) is 1.79. The monoisotopic (exact) mass is 472 g/mol. The van der Waals surface area contributed by atoms with Crippen molar-refractivity contribution in [3.8, 4) is 6.07 Å². The highest BCUT2D eigenvalue weighted by atomic mass is 35.5. The molecule has 0 aliphatic carbocycles. The number of thioether (sulfide) groups is 1. The SMILES string of the molecule is Cc1c(Cl)cccc1N/C(SCc1cccc(F)c1)=C(/C#N)S(=O)(=O)c1ccccc1. The lowest BCUT2D eigenvalue weighted by molar-refractivity contribution is 0.603. The van der Waals surface area contributed by atoms with E-state index in [9.17, 15) is 18.1 Å². The van der Waals surface area contributed by atoms with Gasteiger partial charge in [-0.15, -0.1) is 11.8 Å². The molecule has 3 aromatic rings. The number of halogens is 2. The van der Waals surface area contributed by atoms with Gasteiger partial charge in [0.25, 0.3) is 0 Å². The highest BCUT2D eigenvalue weighted by molar-refractivity contribution is 8.04. The standard InChI is InChI=1S/C23H18ClFN2O2S2/c1-16-20(24)11-6-12-21(16)27-23(30-15-17-7-5-8-18(25)13-17)22(14-26)31(28,29)19-9-3-2-4-10-19/h2-13,27H,15H2,1H3/b23-22+. The molecule has 3 aromatic carbocycles. The van der Waals surface area contributed by atoms with Gasteiger partial charge < -0.3 is 5.32 Å². The number of hydrogen-bond donors (Lipinski definition) is 1. The molecule has 0 heterocycles. The van der Waals surface area contributed by atoms with E-state index in [-0.39, 0.29) is 21.5 Å². The molecule has 0 radical (unpaired) electrons. The van der Waals surface area contributed by atoms with Crippen molar-refractivity contribution >= 4 is 38.9 Å². The number of benzene rings is 3. The molecular weight excluding hydrogens is 455 g/mol. The van der Waals surface area contributed by atoms with Crippen LogP contribution in [0.2, 0.25) is 5.02 Å². The van der Waals surface area contributed by atoms with Crippen LogP contribution in [0.3, 0.4) is 0 Å². The van der Waals surface area contributed by atoms with Crippen molar-refractivity contribution in [2.45, 2.75) is 17.6 Å². The minimum Gasteiger partial charge on any atom is -0.348 e. The molecule has 0 fully saturated rings. The first kappa shape index (κ1) is 22.9. The van der Waals surface area contributed by atoms with E-state index in [1.165, 1.54) is 24.3 Å². The number of nitrogens with zero attached hydrogens (tertiary/aromatic N) is 1. The predicted molar refractivity (Wildman–Crippen MR) is 124 cm³/mol. The van der Waals surface area contributed by atoms with Crippen molar-refractivity contribution < 1.29 is 12.8 Å². The van der Waals surface area contributed by atoms with Crippen LogP contribution >= 0.6 is 23.4 Å². The molecule has 0 aromatic heterocycles. The van der Waals surface area contributed by atoms with E-state index in [0.29, 0.717) is 21.8 Å². The van der Waals surface area contributed by atoms with Gasteiger partial charge in [0.2, 0.25) is 9.84 Å². The van der Waals surface area contributed by atoms with E-state index in [4.69, 9.17) is 11.6 Å². The Morgan fingerprint density at radius 1 is 1.10 bits per heavy atom. The van der Waals surface area contributed by atoms with Crippen LogP contribution in [0.1, 0.15) is 11.1 Å². The van der Waals surface area contributed by atoms with Crippen LogP contribution in [0, 0.1) is 24.1 Å². The molecule has 0 atom stereocenters. The molecule has 0 amide bonds. The van der Waals surface area contributed by atoms with Crippen molar-refractivity contribution in [2.24, 2.45) is 0 Å². The van der Waals surface area contributed by atoms with E-state index in [1.54, 1.807) is 55.5 Å². The zero-order chi connectivity index (χ0) is 22.4. The molecular formula is C23H18ClFN2O2S2. The fraction of sp³-hybridized carbons (Fsp3) is 0.0870. The number of sulfone groups is 1. The van der Waals surface area contributed by atoms with Gasteiger partial charge in [0.05, 0.1) is 4.90 Å². The smallest absolute Gasteiger partial charge is 0.219 e. The Hall–Kier alpha value is -2.79. The number of hydrogen-bond acceptors (Lipinski definition) is 5. The molecule has 3 rings (SSSR count). The first-order valence-electron chi connectivity index (χ1n) is 9.17. The molecule has 0 bridgehead atoms. The van der Waals surface area contributed by atoms with Crippen molar-refractivity contribution in [1.82, 2.24) is 0 Å². The zero-order valence-corrected chi connectivity index (χ0v) is 18.9. The molecule has 31 heavy (non-hydrogen) atoms. The highest BCUT2D eigenvalue weighted by Crippen LogP contribution is 2.33. The number of allylic oxidation sites excluding steroid dienone is 1. The molecule has 4 nitrogen and oxygen atoms in total. The van der Waals surface area contributed by atoms with E-state index >= 15 is 0 Å². The van der Waals surface area contributed by atoms with E-state index in [0.717, 1.165) is 11.8 Å². The summed E-state index contributed by atoms with van der Waals surface area (Å²) in [6.07, 6.45) is 0. The molecule has 8 heteroatoms. The summed E-state index contributed by atoms with van der Waals surface area (Å²) in [5.41, 5.74) is 1.94. The first-order chi connectivity index (χ1) is 14.8. The third-order valence-electron chi connectivity index (χ3n) is 4.42. The van der Waals surface area contributed by atoms with Gasteiger partial charge >= 0.3 is 0 Å². The summed E-state index contributed by atoms with van der Waals surface area (Å²) >= 11 is 7.30. The Labute approximate surface area is 190 Å². The van der Waals surface area contributed by atoms with E-state index in [2.05, 4.69) is 5.32 Å². The van der Waals surface area contributed by atoms with Crippen LogP contribution in [0.25, 0.3) is 0 Å². The fourth-order valence-corrected chi connectivity index (χ4v) is 5.45. The summed E-state index contributed by atoms with van der Waals surface area (Å²) < 4.78 is 40.0. The van der Waals surface area contributed by atoms with E-state index in [1.807, 2.05) is 6.07 Å². The van der Waals surface area contributed by atoms with Crippen molar-refractivity contribution in [3.05, 3.63) is 105 Å². The summed E-state index contributed by atoms with van der Waals surface area (Å²) in [5.74, 6) is -0.130. The number of nitrogens with one attached hydrogen (secondary N) is 1. The Bertz CT molecular complexity index is 1270. The van der Waals surface area contributed by atoms with Crippen molar-refractivity contribution in [3.63, 3.8) is 0 Å².